The Bertz CT molecular complexity index is 900. The first kappa shape index (κ1) is 22.2. The third-order valence-electron chi connectivity index (χ3n) is 4.07. The lowest BCUT2D eigenvalue weighted by Crippen LogP contribution is -2.23. The van der Waals surface area contributed by atoms with Crippen LogP contribution in [0.15, 0.2) is 57.4 Å². The van der Waals surface area contributed by atoms with E-state index in [1.165, 1.54) is 0 Å². The van der Waals surface area contributed by atoms with Crippen molar-refractivity contribution in [3.63, 3.8) is 0 Å². The SMILES string of the molecule is CSc1cc(C)c(C(=O)C(=NOC(=O)C(C)(C)C)c2ccccc2)cc1SC. The lowest BCUT2D eigenvalue weighted by molar-refractivity contribution is -0.152. The van der Waals surface area contributed by atoms with Gasteiger partial charge in [-0.05, 0) is 57.9 Å². The van der Waals surface area contributed by atoms with Crippen molar-refractivity contribution in [3.8, 4) is 0 Å². The summed E-state index contributed by atoms with van der Waals surface area (Å²) in [5.41, 5.74) is 1.42. The van der Waals surface area contributed by atoms with Crippen molar-refractivity contribution < 1.29 is 14.4 Å². The van der Waals surface area contributed by atoms with Crippen molar-refractivity contribution in [3.05, 3.63) is 59.2 Å². The topological polar surface area (TPSA) is 55.7 Å². The largest absolute Gasteiger partial charge is 0.340 e. The number of carbonyl (C=O) groups is 2. The fourth-order valence-electron chi connectivity index (χ4n) is 2.40. The van der Waals surface area contributed by atoms with E-state index in [-0.39, 0.29) is 11.5 Å². The first-order valence-corrected chi connectivity index (χ1v) is 11.3. The molecule has 0 unspecified atom stereocenters. The van der Waals surface area contributed by atoms with Gasteiger partial charge < -0.3 is 4.84 Å². The van der Waals surface area contributed by atoms with E-state index in [0.29, 0.717) is 11.1 Å². The van der Waals surface area contributed by atoms with E-state index in [0.717, 1.165) is 15.4 Å². The number of ketones is 1. The standard InChI is InChI=1S/C22H25NO3S2/c1-14-12-17(27-5)18(28-6)13-16(14)20(24)19(15-10-8-7-9-11-15)23-26-21(25)22(2,3)4/h7-13H,1-6H3. The summed E-state index contributed by atoms with van der Waals surface area (Å²) < 4.78 is 0. The Morgan fingerprint density at radius 3 is 2.07 bits per heavy atom. The molecular formula is C22H25NO3S2. The molecule has 0 aliphatic rings. The van der Waals surface area contributed by atoms with Gasteiger partial charge in [-0.15, -0.1) is 23.5 Å². The number of aryl methyl sites for hydroxylation is 1. The molecule has 148 valence electrons. The monoisotopic (exact) mass is 415 g/mol. The zero-order chi connectivity index (χ0) is 20.9. The first-order valence-electron chi connectivity index (χ1n) is 8.81. The molecule has 0 aliphatic heterocycles. The number of oxime groups is 1. The van der Waals surface area contributed by atoms with Gasteiger partial charge in [0.1, 0.15) is 0 Å². The molecule has 0 spiro atoms. The van der Waals surface area contributed by atoms with Gasteiger partial charge in [-0.1, -0.05) is 35.5 Å². The minimum absolute atomic E-state index is 0.116. The minimum atomic E-state index is -0.712. The number of Topliss-reactive ketones (excluding diaryl/α,β-unsaturated/α-hetero) is 1. The molecule has 6 heteroatoms. The van der Waals surface area contributed by atoms with Crippen LogP contribution in [0.3, 0.4) is 0 Å². The van der Waals surface area contributed by atoms with Gasteiger partial charge >= 0.3 is 5.97 Å². The molecule has 0 heterocycles. The second-order valence-electron chi connectivity index (χ2n) is 7.29. The third kappa shape index (κ3) is 5.26. The van der Waals surface area contributed by atoms with Crippen LogP contribution in [0.25, 0.3) is 0 Å². The second kappa shape index (κ2) is 9.43. The number of hydrogen-bond acceptors (Lipinski definition) is 6. The number of hydrogen-bond donors (Lipinski definition) is 0. The van der Waals surface area contributed by atoms with Crippen LogP contribution >= 0.6 is 23.5 Å². The molecular weight excluding hydrogens is 390 g/mol. The summed E-state index contributed by atoms with van der Waals surface area (Å²) in [6, 6.07) is 13.0. The van der Waals surface area contributed by atoms with E-state index in [1.807, 2.05) is 49.8 Å². The highest BCUT2D eigenvalue weighted by atomic mass is 32.2. The van der Waals surface area contributed by atoms with E-state index < -0.39 is 11.4 Å². The smallest absolute Gasteiger partial charge is 0.317 e. The summed E-state index contributed by atoms with van der Waals surface area (Å²) in [6.07, 6.45) is 3.99. The maximum absolute atomic E-state index is 13.4. The van der Waals surface area contributed by atoms with Crippen LogP contribution in [-0.2, 0) is 9.63 Å². The van der Waals surface area contributed by atoms with Gasteiger partial charge in [0.2, 0.25) is 5.78 Å². The van der Waals surface area contributed by atoms with E-state index >= 15 is 0 Å². The zero-order valence-electron chi connectivity index (χ0n) is 17.0. The number of rotatable bonds is 6. The summed E-state index contributed by atoms with van der Waals surface area (Å²) in [7, 11) is 0. The van der Waals surface area contributed by atoms with Crippen molar-refractivity contribution in [2.75, 3.05) is 12.5 Å². The van der Waals surface area contributed by atoms with Gasteiger partial charge in [-0.3, -0.25) is 4.79 Å². The van der Waals surface area contributed by atoms with E-state index in [2.05, 4.69) is 5.16 Å². The average molecular weight is 416 g/mol. The van der Waals surface area contributed by atoms with Crippen LogP contribution in [0.5, 0.6) is 0 Å². The van der Waals surface area contributed by atoms with Crippen molar-refractivity contribution in [2.45, 2.75) is 37.5 Å². The van der Waals surface area contributed by atoms with Crippen molar-refractivity contribution in [1.82, 2.24) is 0 Å². The van der Waals surface area contributed by atoms with Gasteiger partial charge in [0.25, 0.3) is 0 Å². The van der Waals surface area contributed by atoms with Gasteiger partial charge in [-0.2, -0.15) is 0 Å². The molecule has 0 amide bonds. The van der Waals surface area contributed by atoms with Crippen molar-refractivity contribution in [1.29, 1.82) is 0 Å². The number of benzene rings is 2. The number of nitrogens with zero attached hydrogens (tertiary/aromatic N) is 1. The molecule has 2 aromatic rings. The highest BCUT2D eigenvalue weighted by molar-refractivity contribution is 8.01. The maximum atomic E-state index is 13.4. The summed E-state index contributed by atoms with van der Waals surface area (Å²) in [6.45, 7) is 7.13. The van der Waals surface area contributed by atoms with Crippen molar-refractivity contribution in [2.24, 2.45) is 10.6 Å². The molecule has 2 aromatic carbocycles. The molecule has 0 aromatic heterocycles. The van der Waals surface area contributed by atoms with Crippen molar-refractivity contribution >= 4 is 41.0 Å². The fourth-order valence-corrected chi connectivity index (χ4v) is 3.95. The van der Waals surface area contributed by atoms with Gasteiger partial charge in [-0.25, -0.2) is 4.79 Å². The van der Waals surface area contributed by atoms with E-state index in [4.69, 9.17) is 4.84 Å². The molecule has 0 saturated heterocycles. The normalized spacial score (nSPS) is 12.0. The quantitative estimate of drug-likeness (QED) is 0.202. The van der Waals surface area contributed by atoms with Crippen LogP contribution in [-0.4, -0.2) is 30.0 Å². The zero-order valence-corrected chi connectivity index (χ0v) is 18.7. The third-order valence-corrected chi connectivity index (χ3v) is 5.75. The van der Waals surface area contributed by atoms with E-state index in [1.54, 1.807) is 56.4 Å². The van der Waals surface area contributed by atoms with Crippen LogP contribution in [0.2, 0.25) is 0 Å². The lowest BCUT2D eigenvalue weighted by Gasteiger charge is -2.15. The van der Waals surface area contributed by atoms with Gasteiger partial charge in [0.05, 0.1) is 5.41 Å². The lowest BCUT2D eigenvalue weighted by atomic mass is 9.97. The Labute approximate surface area is 175 Å². The number of thioether (sulfide) groups is 2. The molecule has 28 heavy (non-hydrogen) atoms. The van der Waals surface area contributed by atoms with E-state index in [9.17, 15) is 9.59 Å². The Morgan fingerprint density at radius 1 is 0.964 bits per heavy atom. The maximum Gasteiger partial charge on any atom is 0.340 e. The summed E-state index contributed by atoms with van der Waals surface area (Å²) >= 11 is 3.24. The van der Waals surface area contributed by atoms with Crippen LogP contribution in [0.1, 0.15) is 42.3 Å². The molecule has 0 atom stereocenters. The molecule has 4 nitrogen and oxygen atoms in total. The predicted molar refractivity (Wildman–Crippen MR) is 118 cm³/mol. The van der Waals surface area contributed by atoms with Gasteiger partial charge in [0, 0.05) is 20.9 Å². The molecule has 0 fully saturated rings. The molecule has 0 aliphatic carbocycles. The van der Waals surface area contributed by atoms with Crippen LogP contribution < -0.4 is 0 Å². The summed E-state index contributed by atoms with van der Waals surface area (Å²) in [5, 5.41) is 3.98. The Hall–Kier alpha value is -2.05. The Kier molecular flexibility index (Phi) is 7.49. The second-order valence-corrected chi connectivity index (χ2v) is 8.98. The minimum Gasteiger partial charge on any atom is -0.317 e. The van der Waals surface area contributed by atoms with Crippen LogP contribution in [0, 0.1) is 12.3 Å². The van der Waals surface area contributed by atoms with Gasteiger partial charge in [0.15, 0.2) is 5.71 Å². The average Bonchev–Trinajstić information content (AvgIpc) is 2.67. The van der Waals surface area contributed by atoms with Crippen LogP contribution in [0.4, 0.5) is 0 Å². The molecule has 2 rings (SSSR count). The molecule has 0 saturated carbocycles. The Balaban J connectivity index is 2.52. The predicted octanol–water partition coefficient (Wildman–Crippen LogP) is 5.62. The Morgan fingerprint density at radius 2 is 1.54 bits per heavy atom. The highest BCUT2D eigenvalue weighted by Crippen LogP contribution is 2.31. The molecule has 0 radical (unpaired) electrons. The highest BCUT2D eigenvalue weighted by Gasteiger charge is 2.26. The molecule has 0 N–H and O–H groups in total. The number of carbonyl (C=O) groups excluding carboxylic acids is 2. The molecule has 0 bridgehead atoms. The fraction of sp³-hybridized carbons (Fsp3) is 0.318. The first-order chi connectivity index (χ1) is 13.2. The summed E-state index contributed by atoms with van der Waals surface area (Å²) in [4.78, 5) is 32.8. The summed E-state index contributed by atoms with van der Waals surface area (Å²) in [5.74, 6) is -0.763.